The fourth-order valence-corrected chi connectivity index (χ4v) is 4.39. The zero-order chi connectivity index (χ0) is 15.0. The molecule has 1 amide bonds. The number of halogens is 3. The number of amides is 1. The number of hydrogen-bond donors (Lipinski definition) is 0. The SMILES string of the molecule is O=C1CS[C@@H](c2cccc(Br)c2)N1c1cc(Cl)cc(Cl)c1. The summed E-state index contributed by atoms with van der Waals surface area (Å²) in [6.07, 6.45) is 0. The number of hydrogen-bond acceptors (Lipinski definition) is 2. The van der Waals surface area contributed by atoms with E-state index in [1.54, 1.807) is 34.9 Å². The highest BCUT2D eigenvalue weighted by Crippen LogP contribution is 2.43. The number of thioether (sulfide) groups is 1. The monoisotopic (exact) mass is 401 g/mol. The highest BCUT2D eigenvalue weighted by molar-refractivity contribution is 9.10. The number of anilines is 1. The van der Waals surface area contributed by atoms with Crippen LogP contribution in [0.25, 0.3) is 0 Å². The van der Waals surface area contributed by atoms with Crippen molar-refractivity contribution in [3.63, 3.8) is 0 Å². The third-order valence-electron chi connectivity index (χ3n) is 3.13. The predicted molar refractivity (Wildman–Crippen MR) is 93.3 cm³/mol. The van der Waals surface area contributed by atoms with E-state index < -0.39 is 0 Å². The summed E-state index contributed by atoms with van der Waals surface area (Å²) in [5, 5.41) is 0.981. The first kappa shape index (κ1) is 15.2. The van der Waals surface area contributed by atoms with Gasteiger partial charge in [0.15, 0.2) is 0 Å². The molecule has 2 aromatic carbocycles. The van der Waals surface area contributed by atoms with Crippen LogP contribution in [0.1, 0.15) is 10.9 Å². The van der Waals surface area contributed by atoms with E-state index in [-0.39, 0.29) is 11.3 Å². The Morgan fingerprint density at radius 1 is 1.14 bits per heavy atom. The molecule has 3 rings (SSSR count). The van der Waals surface area contributed by atoms with Crippen molar-refractivity contribution in [2.24, 2.45) is 0 Å². The van der Waals surface area contributed by atoms with Crippen LogP contribution in [0.5, 0.6) is 0 Å². The van der Waals surface area contributed by atoms with Gasteiger partial charge in [-0.05, 0) is 35.9 Å². The molecule has 1 aliphatic heterocycles. The Morgan fingerprint density at radius 2 is 1.86 bits per heavy atom. The Labute approximate surface area is 145 Å². The highest BCUT2D eigenvalue weighted by Gasteiger charge is 2.34. The summed E-state index contributed by atoms with van der Waals surface area (Å²) in [6.45, 7) is 0. The van der Waals surface area contributed by atoms with Crippen LogP contribution in [0.15, 0.2) is 46.9 Å². The van der Waals surface area contributed by atoms with Crippen LogP contribution in [-0.4, -0.2) is 11.7 Å². The average molecular weight is 403 g/mol. The van der Waals surface area contributed by atoms with E-state index in [1.165, 1.54) is 0 Å². The number of benzene rings is 2. The molecule has 2 nitrogen and oxygen atoms in total. The van der Waals surface area contributed by atoms with Gasteiger partial charge in [-0.15, -0.1) is 11.8 Å². The highest BCUT2D eigenvalue weighted by atomic mass is 79.9. The van der Waals surface area contributed by atoms with Crippen molar-refractivity contribution < 1.29 is 4.79 Å². The second-order valence-corrected chi connectivity index (χ2v) is 7.47. The summed E-state index contributed by atoms with van der Waals surface area (Å²) in [6, 6.07) is 13.2. The van der Waals surface area contributed by atoms with Gasteiger partial charge < -0.3 is 0 Å². The molecule has 0 aromatic heterocycles. The summed E-state index contributed by atoms with van der Waals surface area (Å²) < 4.78 is 0.990. The lowest BCUT2D eigenvalue weighted by Crippen LogP contribution is -2.27. The molecule has 0 saturated carbocycles. The van der Waals surface area contributed by atoms with Crippen LogP contribution >= 0.6 is 50.9 Å². The fourth-order valence-electron chi connectivity index (χ4n) is 2.29. The molecule has 0 bridgehead atoms. The number of nitrogens with zero attached hydrogens (tertiary/aromatic N) is 1. The molecule has 0 spiro atoms. The molecule has 0 aliphatic carbocycles. The minimum absolute atomic E-state index is 0.0586. The summed E-state index contributed by atoms with van der Waals surface area (Å²) in [5.41, 5.74) is 1.80. The summed E-state index contributed by atoms with van der Waals surface area (Å²) >= 11 is 17.2. The van der Waals surface area contributed by atoms with E-state index in [9.17, 15) is 4.79 Å². The third kappa shape index (κ3) is 3.24. The van der Waals surface area contributed by atoms with Gasteiger partial charge in [0, 0.05) is 20.2 Å². The molecule has 6 heteroatoms. The Kier molecular flexibility index (Phi) is 4.50. The van der Waals surface area contributed by atoms with Crippen LogP contribution in [-0.2, 0) is 4.79 Å². The van der Waals surface area contributed by atoms with Crippen LogP contribution in [0.3, 0.4) is 0 Å². The van der Waals surface area contributed by atoms with E-state index in [2.05, 4.69) is 15.9 Å². The van der Waals surface area contributed by atoms with E-state index in [0.29, 0.717) is 15.8 Å². The van der Waals surface area contributed by atoms with E-state index in [0.717, 1.165) is 15.7 Å². The third-order valence-corrected chi connectivity index (χ3v) is 5.27. The van der Waals surface area contributed by atoms with Gasteiger partial charge in [0.25, 0.3) is 0 Å². The smallest absolute Gasteiger partial charge is 0.238 e. The molecule has 1 aliphatic rings. The van der Waals surface area contributed by atoms with E-state index in [1.807, 2.05) is 24.3 Å². The first-order valence-electron chi connectivity index (χ1n) is 6.20. The van der Waals surface area contributed by atoms with Gasteiger partial charge in [-0.3, -0.25) is 9.69 Å². The molecular weight excluding hydrogens is 393 g/mol. The van der Waals surface area contributed by atoms with Gasteiger partial charge >= 0.3 is 0 Å². The van der Waals surface area contributed by atoms with Crippen LogP contribution in [0.4, 0.5) is 5.69 Å². The minimum Gasteiger partial charge on any atom is -0.295 e. The zero-order valence-electron chi connectivity index (χ0n) is 10.7. The lowest BCUT2D eigenvalue weighted by Gasteiger charge is -2.25. The summed E-state index contributed by atoms with van der Waals surface area (Å²) in [4.78, 5) is 14.0. The molecule has 21 heavy (non-hydrogen) atoms. The van der Waals surface area contributed by atoms with Crippen molar-refractivity contribution in [1.82, 2.24) is 0 Å². The Morgan fingerprint density at radius 3 is 2.52 bits per heavy atom. The fraction of sp³-hybridized carbons (Fsp3) is 0.133. The van der Waals surface area contributed by atoms with Gasteiger partial charge in [-0.2, -0.15) is 0 Å². The topological polar surface area (TPSA) is 20.3 Å². The predicted octanol–water partition coefficient (Wildman–Crippen LogP) is 5.53. The van der Waals surface area contributed by atoms with Crippen molar-refractivity contribution >= 4 is 62.5 Å². The largest absolute Gasteiger partial charge is 0.295 e. The van der Waals surface area contributed by atoms with Gasteiger partial charge in [0.1, 0.15) is 5.37 Å². The van der Waals surface area contributed by atoms with Crippen molar-refractivity contribution in [2.45, 2.75) is 5.37 Å². The maximum atomic E-state index is 12.3. The Balaban J connectivity index is 2.03. The van der Waals surface area contributed by atoms with Gasteiger partial charge in [-0.25, -0.2) is 0 Å². The molecular formula is C15H10BrCl2NOS. The molecule has 1 heterocycles. The standard InChI is InChI=1S/C15H10BrCl2NOS/c16-10-3-1-2-9(4-10)15-19(14(20)8-21-15)13-6-11(17)5-12(18)7-13/h1-7,15H,8H2/t15-/m0/s1. The van der Waals surface area contributed by atoms with E-state index in [4.69, 9.17) is 23.2 Å². The number of carbonyl (C=O) groups excluding carboxylic acids is 1. The molecule has 1 saturated heterocycles. The first-order valence-corrected chi connectivity index (χ1v) is 8.79. The van der Waals surface area contributed by atoms with E-state index >= 15 is 0 Å². The van der Waals surface area contributed by atoms with Crippen molar-refractivity contribution in [3.05, 3.63) is 62.5 Å². The maximum Gasteiger partial charge on any atom is 0.238 e. The molecule has 108 valence electrons. The molecule has 1 atom stereocenters. The van der Waals surface area contributed by atoms with Crippen LogP contribution in [0, 0.1) is 0 Å². The average Bonchev–Trinajstić information content (AvgIpc) is 2.79. The molecule has 0 unspecified atom stereocenters. The zero-order valence-corrected chi connectivity index (χ0v) is 14.6. The van der Waals surface area contributed by atoms with Crippen molar-refractivity contribution in [1.29, 1.82) is 0 Å². The second-order valence-electron chi connectivity index (χ2n) is 4.61. The van der Waals surface area contributed by atoms with Crippen molar-refractivity contribution in [3.8, 4) is 0 Å². The first-order chi connectivity index (χ1) is 10.0. The lowest BCUT2D eigenvalue weighted by atomic mass is 10.2. The number of rotatable bonds is 2. The molecule has 2 aromatic rings. The van der Waals surface area contributed by atoms with Crippen molar-refractivity contribution in [2.75, 3.05) is 10.7 Å². The van der Waals surface area contributed by atoms with Crippen LogP contribution in [0.2, 0.25) is 10.0 Å². The van der Waals surface area contributed by atoms with Crippen LogP contribution < -0.4 is 4.90 Å². The summed E-state index contributed by atoms with van der Waals surface area (Å²) in [5.74, 6) is 0.504. The lowest BCUT2D eigenvalue weighted by molar-refractivity contribution is -0.115. The van der Waals surface area contributed by atoms with Gasteiger partial charge in [0.2, 0.25) is 5.91 Å². The maximum absolute atomic E-state index is 12.3. The number of carbonyl (C=O) groups is 1. The Hall–Kier alpha value is -0.680. The molecule has 0 radical (unpaired) electrons. The normalized spacial score (nSPS) is 18.3. The summed E-state index contributed by atoms with van der Waals surface area (Å²) in [7, 11) is 0. The van der Waals surface area contributed by atoms with Gasteiger partial charge in [0.05, 0.1) is 5.75 Å². The Bertz CT molecular complexity index is 690. The van der Waals surface area contributed by atoms with Gasteiger partial charge in [-0.1, -0.05) is 51.3 Å². The minimum atomic E-state index is -0.0652. The molecule has 0 N–H and O–H groups in total. The quantitative estimate of drug-likeness (QED) is 0.657. The second kappa shape index (κ2) is 6.21. The molecule has 1 fully saturated rings.